The van der Waals surface area contributed by atoms with Gasteiger partial charge in [0.05, 0.1) is 39.8 Å². The summed E-state index contributed by atoms with van der Waals surface area (Å²) < 4.78 is 2.42. The Kier molecular flexibility index (Phi) is 6.78. The number of benzene rings is 8. The molecule has 0 bridgehead atoms. The van der Waals surface area contributed by atoms with E-state index in [2.05, 4.69) is 158 Å². The highest BCUT2D eigenvalue weighted by Gasteiger charge is 2.48. The summed E-state index contributed by atoms with van der Waals surface area (Å²) in [7, 11) is 0. The van der Waals surface area contributed by atoms with Crippen molar-refractivity contribution in [2.45, 2.75) is 26.2 Å². The highest BCUT2D eigenvalue weighted by Crippen LogP contribution is 2.49. The summed E-state index contributed by atoms with van der Waals surface area (Å²) in [5.74, 6) is 0. The van der Waals surface area contributed by atoms with E-state index in [0.29, 0.717) is 11.1 Å². The number of nitriles is 2. The number of hydrogen-bond donors (Lipinski definition) is 0. The van der Waals surface area contributed by atoms with Gasteiger partial charge in [-0.25, -0.2) is 0 Å². The van der Waals surface area contributed by atoms with Crippen LogP contribution in [-0.2, 0) is 5.41 Å². The minimum Gasteiger partial charge on any atom is -0.310 e. The SMILES string of the molecule is Cc1ccc(N(c2ccc(C#N)cc2)c2ccc3ccc4c([N+]5=C(c6ccccc6)C(C)(C)c6cc(C#N)ccc65)ccc5ccc2c3c54)cc1. The molecule has 0 atom stereocenters. The first-order valence-corrected chi connectivity index (χ1v) is 17.2. The highest BCUT2D eigenvalue weighted by atomic mass is 15.1. The third-order valence-corrected chi connectivity index (χ3v) is 10.5. The van der Waals surface area contributed by atoms with Crippen LogP contribution in [0.15, 0.2) is 146 Å². The van der Waals surface area contributed by atoms with Crippen LogP contribution in [0.5, 0.6) is 0 Å². The summed E-state index contributed by atoms with van der Waals surface area (Å²) in [5.41, 5.74) is 11.0. The molecule has 0 radical (unpaired) electrons. The van der Waals surface area contributed by atoms with Crippen molar-refractivity contribution in [3.05, 3.63) is 173 Å². The van der Waals surface area contributed by atoms with Crippen molar-refractivity contribution in [1.29, 1.82) is 10.5 Å². The Bertz CT molecular complexity index is 2780. The van der Waals surface area contributed by atoms with E-state index in [0.717, 1.165) is 45.0 Å². The minimum absolute atomic E-state index is 0.351. The van der Waals surface area contributed by atoms with E-state index in [1.807, 2.05) is 30.3 Å². The molecule has 0 N–H and O–H groups in total. The second-order valence-corrected chi connectivity index (χ2v) is 13.9. The van der Waals surface area contributed by atoms with Crippen LogP contribution in [-0.4, -0.2) is 5.71 Å². The average Bonchev–Trinajstić information content (AvgIpc) is 3.41. The van der Waals surface area contributed by atoms with Crippen LogP contribution in [0.4, 0.5) is 28.4 Å². The number of anilines is 3. The largest absolute Gasteiger partial charge is 0.310 e. The van der Waals surface area contributed by atoms with Crippen LogP contribution in [0.1, 0.15) is 41.7 Å². The minimum atomic E-state index is -0.351. The van der Waals surface area contributed by atoms with Crippen LogP contribution in [0.2, 0.25) is 0 Å². The molecular weight excluding hydrogens is 621 g/mol. The van der Waals surface area contributed by atoms with Gasteiger partial charge in [0.2, 0.25) is 17.1 Å². The number of nitrogens with zero attached hydrogens (tertiary/aromatic N) is 4. The Morgan fingerprint density at radius 3 is 1.82 bits per heavy atom. The van der Waals surface area contributed by atoms with Crippen LogP contribution >= 0.6 is 0 Å². The molecule has 0 amide bonds. The van der Waals surface area contributed by atoms with Gasteiger partial charge in [-0.05, 0) is 116 Å². The standard InChI is InChI=1S/C47H33N4/c1-30-9-18-36(19-10-30)50(37-20-11-31(28-48)12-21-37)41-25-16-33-15-23-39-42(26-17-34-14-22-38(41)44(33)45(34)39)51-43-24-13-32(29-49)27-40(43)47(2,3)46(51)35-7-5-4-6-8-35/h4-27H,1-3H3/q+1. The van der Waals surface area contributed by atoms with Gasteiger partial charge in [-0.3, -0.25) is 0 Å². The van der Waals surface area contributed by atoms with Crippen molar-refractivity contribution in [1.82, 2.24) is 4.58 Å². The van der Waals surface area contributed by atoms with Gasteiger partial charge >= 0.3 is 0 Å². The summed E-state index contributed by atoms with van der Waals surface area (Å²) in [4.78, 5) is 2.29. The molecule has 1 aliphatic heterocycles. The molecule has 8 aromatic rings. The van der Waals surface area contributed by atoms with E-state index in [4.69, 9.17) is 0 Å². The van der Waals surface area contributed by atoms with E-state index in [-0.39, 0.29) is 5.41 Å². The fourth-order valence-electron chi connectivity index (χ4n) is 8.13. The molecule has 0 unspecified atom stereocenters. The quantitative estimate of drug-likeness (QED) is 0.137. The molecule has 9 rings (SSSR count). The lowest BCUT2D eigenvalue weighted by Crippen LogP contribution is -2.30. The zero-order chi connectivity index (χ0) is 34.9. The van der Waals surface area contributed by atoms with Gasteiger partial charge in [-0.15, -0.1) is 0 Å². The molecule has 0 aromatic heterocycles. The number of rotatable bonds is 5. The summed E-state index contributed by atoms with van der Waals surface area (Å²) in [6.07, 6.45) is 0. The van der Waals surface area contributed by atoms with E-state index in [9.17, 15) is 10.5 Å². The van der Waals surface area contributed by atoms with Crippen molar-refractivity contribution in [2.75, 3.05) is 4.90 Å². The van der Waals surface area contributed by atoms with E-state index in [1.165, 1.54) is 38.2 Å². The lowest BCUT2D eigenvalue weighted by Gasteiger charge is -2.28. The molecule has 4 nitrogen and oxygen atoms in total. The van der Waals surface area contributed by atoms with Gasteiger partial charge in [-0.2, -0.15) is 15.1 Å². The zero-order valence-electron chi connectivity index (χ0n) is 28.6. The predicted octanol–water partition coefficient (Wildman–Crippen LogP) is 11.7. The Labute approximate surface area is 297 Å². The van der Waals surface area contributed by atoms with E-state index >= 15 is 0 Å². The lowest BCUT2D eigenvalue weighted by molar-refractivity contribution is 0.735. The van der Waals surface area contributed by atoms with Crippen LogP contribution in [0.25, 0.3) is 32.3 Å². The topological polar surface area (TPSA) is 53.8 Å². The maximum Gasteiger partial charge on any atom is 0.219 e. The Balaban J connectivity index is 1.34. The molecule has 0 fully saturated rings. The Hall–Kier alpha value is -6.75. The molecule has 1 heterocycles. The number of aryl methyl sites for hydroxylation is 1. The second kappa shape index (κ2) is 11.4. The predicted molar refractivity (Wildman–Crippen MR) is 210 cm³/mol. The van der Waals surface area contributed by atoms with Gasteiger partial charge in [0, 0.05) is 45.4 Å². The average molecular weight is 654 g/mol. The number of fused-ring (bicyclic) bond motifs is 1. The monoisotopic (exact) mass is 653 g/mol. The molecule has 240 valence electrons. The zero-order valence-corrected chi connectivity index (χ0v) is 28.6. The van der Waals surface area contributed by atoms with E-state index in [1.54, 1.807) is 0 Å². The van der Waals surface area contributed by atoms with Gasteiger partial charge in [0.1, 0.15) is 0 Å². The maximum atomic E-state index is 9.86. The van der Waals surface area contributed by atoms with E-state index < -0.39 is 0 Å². The van der Waals surface area contributed by atoms with Gasteiger partial charge in [0.25, 0.3) is 0 Å². The van der Waals surface area contributed by atoms with Crippen molar-refractivity contribution in [3.63, 3.8) is 0 Å². The maximum absolute atomic E-state index is 9.86. The van der Waals surface area contributed by atoms with Gasteiger partial charge < -0.3 is 4.90 Å². The highest BCUT2D eigenvalue weighted by molar-refractivity contribution is 6.28. The molecule has 0 saturated heterocycles. The smallest absolute Gasteiger partial charge is 0.219 e. The van der Waals surface area contributed by atoms with Crippen molar-refractivity contribution < 1.29 is 0 Å². The van der Waals surface area contributed by atoms with Gasteiger partial charge in [-0.1, -0.05) is 60.2 Å². The molecule has 8 aromatic carbocycles. The molecule has 0 aliphatic carbocycles. The fourth-order valence-corrected chi connectivity index (χ4v) is 8.13. The summed E-state index contributed by atoms with van der Waals surface area (Å²) >= 11 is 0. The molecule has 0 spiro atoms. The summed E-state index contributed by atoms with van der Waals surface area (Å²) in [6.45, 7) is 6.63. The second-order valence-electron chi connectivity index (χ2n) is 13.9. The third kappa shape index (κ3) is 4.62. The summed E-state index contributed by atoms with van der Waals surface area (Å²) in [5, 5.41) is 26.5. The van der Waals surface area contributed by atoms with Crippen LogP contribution < -0.4 is 9.48 Å². The first-order valence-electron chi connectivity index (χ1n) is 17.2. The summed E-state index contributed by atoms with van der Waals surface area (Å²) in [6, 6.07) is 55.8. The third-order valence-electron chi connectivity index (χ3n) is 10.5. The first kappa shape index (κ1) is 30.3. The van der Waals surface area contributed by atoms with Gasteiger partial charge in [0.15, 0.2) is 0 Å². The van der Waals surface area contributed by atoms with Crippen LogP contribution in [0, 0.1) is 29.6 Å². The molecule has 1 aliphatic rings. The van der Waals surface area contributed by atoms with Crippen molar-refractivity contribution in [3.8, 4) is 12.1 Å². The molecule has 51 heavy (non-hydrogen) atoms. The lowest BCUT2D eigenvalue weighted by atomic mass is 9.78. The Morgan fingerprint density at radius 1 is 0.569 bits per heavy atom. The number of hydrogen-bond acceptors (Lipinski definition) is 3. The fraction of sp³-hybridized carbons (Fsp3) is 0.0851. The molecular formula is C47H33N4+. The normalized spacial score (nSPS) is 13.4. The first-order chi connectivity index (χ1) is 24.9. The molecule has 0 saturated carbocycles. The van der Waals surface area contributed by atoms with Crippen molar-refractivity contribution >= 4 is 66.5 Å². The Morgan fingerprint density at radius 2 is 1.14 bits per heavy atom. The molecule has 4 heteroatoms. The van der Waals surface area contributed by atoms with Crippen LogP contribution in [0.3, 0.4) is 0 Å². The van der Waals surface area contributed by atoms with Crippen molar-refractivity contribution in [2.24, 2.45) is 0 Å².